The van der Waals surface area contributed by atoms with Crippen LogP contribution < -0.4 is 4.18 Å². The van der Waals surface area contributed by atoms with E-state index in [2.05, 4.69) is 0 Å². The van der Waals surface area contributed by atoms with Gasteiger partial charge in [0.2, 0.25) is 0 Å². The van der Waals surface area contributed by atoms with Gasteiger partial charge in [-0.25, -0.2) is 0 Å². The van der Waals surface area contributed by atoms with Crippen LogP contribution in [0.25, 0.3) is 0 Å². The van der Waals surface area contributed by atoms with Gasteiger partial charge in [0.05, 0.1) is 0 Å². The summed E-state index contributed by atoms with van der Waals surface area (Å²) in [5.41, 5.74) is 1.03. The summed E-state index contributed by atoms with van der Waals surface area (Å²) in [5, 5.41) is 0.476. The summed E-state index contributed by atoms with van der Waals surface area (Å²) in [5.74, 6) is 0.288. The maximum atomic E-state index is 11.9. The Bertz CT molecular complexity index is 631. The maximum Gasteiger partial charge on any atom is 0.339 e. The largest absolute Gasteiger partial charge is 0.379 e. The summed E-state index contributed by atoms with van der Waals surface area (Å²) in [6, 6.07) is 12.6. The van der Waals surface area contributed by atoms with E-state index in [0.29, 0.717) is 5.02 Å². The maximum absolute atomic E-state index is 11.9. The molecule has 0 fully saturated rings. The fourth-order valence-electron chi connectivity index (χ4n) is 1.37. The zero-order chi connectivity index (χ0) is 13.2. The van der Waals surface area contributed by atoms with E-state index in [4.69, 9.17) is 15.8 Å². The molecule has 2 aromatic carbocycles. The molecule has 0 saturated carbocycles. The predicted octanol–water partition coefficient (Wildman–Crippen LogP) is 3.42. The molecule has 0 atom stereocenters. The van der Waals surface area contributed by atoms with Gasteiger partial charge in [-0.15, -0.1) is 0 Å². The Hall–Kier alpha value is -1.52. The highest BCUT2D eigenvalue weighted by Gasteiger charge is 2.16. The monoisotopic (exact) mass is 282 g/mol. The molecule has 0 aromatic heterocycles. The first kappa shape index (κ1) is 12.9. The van der Waals surface area contributed by atoms with E-state index < -0.39 is 10.1 Å². The normalized spacial score (nSPS) is 11.2. The Labute approximate surface area is 111 Å². The van der Waals surface area contributed by atoms with Crippen LogP contribution in [0.5, 0.6) is 5.75 Å². The molecule has 0 N–H and O–H groups in total. The molecule has 18 heavy (non-hydrogen) atoms. The van der Waals surface area contributed by atoms with Crippen molar-refractivity contribution in [1.82, 2.24) is 0 Å². The molecule has 0 heterocycles. The van der Waals surface area contributed by atoms with Crippen LogP contribution in [0, 0.1) is 6.92 Å². The van der Waals surface area contributed by atoms with Gasteiger partial charge in [0, 0.05) is 5.02 Å². The molecule has 0 aliphatic rings. The predicted molar refractivity (Wildman–Crippen MR) is 70.4 cm³/mol. The van der Waals surface area contributed by atoms with E-state index in [9.17, 15) is 8.42 Å². The topological polar surface area (TPSA) is 43.4 Å². The fourth-order valence-corrected chi connectivity index (χ4v) is 2.43. The van der Waals surface area contributed by atoms with Gasteiger partial charge in [0.25, 0.3) is 0 Å². The summed E-state index contributed by atoms with van der Waals surface area (Å²) >= 11 is 5.70. The van der Waals surface area contributed by atoms with Crippen LogP contribution in [-0.4, -0.2) is 8.42 Å². The molecule has 0 saturated heterocycles. The zero-order valence-electron chi connectivity index (χ0n) is 9.63. The van der Waals surface area contributed by atoms with Gasteiger partial charge < -0.3 is 4.18 Å². The SMILES string of the molecule is Cc1ccc(OS(=O)(=O)c2ccc(Cl)cc2)cc1. The smallest absolute Gasteiger partial charge is 0.339 e. The highest BCUT2D eigenvalue weighted by Crippen LogP contribution is 2.20. The molecule has 0 spiro atoms. The number of hydrogen-bond donors (Lipinski definition) is 0. The van der Waals surface area contributed by atoms with Gasteiger partial charge in [0.1, 0.15) is 10.6 Å². The van der Waals surface area contributed by atoms with Crippen molar-refractivity contribution in [3.63, 3.8) is 0 Å². The van der Waals surface area contributed by atoms with Crippen LogP contribution >= 0.6 is 11.6 Å². The van der Waals surface area contributed by atoms with Gasteiger partial charge in [-0.3, -0.25) is 0 Å². The molecule has 0 amide bonds. The van der Waals surface area contributed by atoms with Crippen molar-refractivity contribution in [1.29, 1.82) is 0 Å². The molecule has 0 aliphatic heterocycles. The van der Waals surface area contributed by atoms with Crippen LogP contribution in [0.3, 0.4) is 0 Å². The molecule has 94 valence electrons. The highest BCUT2D eigenvalue weighted by molar-refractivity contribution is 7.87. The first-order chi connectivity index (χ1) is 8.47. The van der Waals surface area contributed by atoms with Crippen molar-refractivity contribution >= 4 is 21.7 Å². The molecule has 2 rings (SSSR count). The van der Waals surface area contributed by atoms with Gasteiger partial charge in [0.15, 0.2) is 0 Å². The second kappa shape index (κ2) is 5.00. The van der Waals surface area contributed by atoms with Gasteiger partial charge in [-0.1, -0.05) is 29.3 Å². The number of aryl methyl sites for hydroxylation is 1. The van der Waals surface area contributed by atoms with Crippen LogP contribution in [-0.2, 0) is 10.1 Å². The lowest BCUT2D eigenvalue weighted by Crippen LogP contribution is -2.09. The molecular weight excluding hydrogens is 272 g/mol. The van der Waals surface area contributed by atoms with E-state index >= 15 is 0 Å². The van der Waals surface area contributed by atoms with Crippen molar-refractivity contribution in [3.8, 4) is 5.75 Å². The fraction of sp³-hybridized carbons (Fsp3) is 0.0769. The van der Waals surface area contributed by atoms with Crippen LogP contribution in [0.1, 0.15) is 5.56 Å². The Morgan fingerprint density at radius 1 is 0.944 bits per heavy atom. The minimum atomic E-state index is -3.80. The third kappa shape index (κ3) is 3.03. The molecular formula is C13H11ClO3S. The van der Waals surface area contributed by atoms with Crippen molar-refractivity contribution in [2.45, 2.75) is 11.8 Å². The molecule has 2 aromatic rings. The first-order valence-electron chi connectivity index (χ1n) is 5.24. The Balaban J connectivity index is 2.27. The standard InChI is InChI=1S/C13H11ClO3S/c1-10-2-6-12(7-3-10)17-18(15,16)13-8-4-11(14)5-9-13/h2-9H,1H3. The van der Waals surface area contributed by atoms with E-state index in [0.717, 1.165) is 5.56 Å². The number of halogens is 1. The van der Waals surface area contributed by atoms with E-state index in [1.807, 2.05) is 6.92 Å². The minimum absolute atomic E-state index is 0.0764. The quantitative estimate of drug-likeness (QED) is 0.810. The first-order valence-corrected chi connectivity index (χ1v) is 7.03. The molecule has 0 bridgehead atoms. The number of hydrogen-bond acceptors (Lipinski definition) is 3. The Morgan fingerprint density at radius 3 is 2.06 bits per heavy atom. The van der Waals surface area contributed by atoms with E-state index in [1.54, 1.807) is 24.3 Å². The molecule has 0 unspecified atom stereocenters. The van der Waals surface area contributed by atoms with Gasteiger partial charge >= 0.3 is 10.1 Å². The second-order valence-corrected chi connectivity index (χ2v) is 5.79. The average Bonchev–Trinajstić information content (AvgIpc) is 2.32. The van der Waals surface area contributed by atoms with Crippen molar-refractivity contribution in [2.75, 3.05) is 0 Å². The molecule has 3 nitrogen and oxygen atoms in total. The lowest BCUT2D eigenvalue weighted by molar-refractivity contribution is 0.486. The summed E-state index contributed by atoms with van der Waals surface area (Å²) < 4.78 is 28.9. The van der Waals surface area contributed by atoms with Crippen LogP contribution in [0.2, 0.25) is 5.02 Å². The highest BCUT2D eigenvalue weighted by atomic mass is 35.5. The van der Waals surface area contributed by atoms with Gasteiger partial charge in [-0.05, 0) is 43.3 Å². The Kier molecular flexibility index (Phi) is 3.59. The second-order valence-electron chi connectivity index (χ2n) is 3.80. The number of rotatable bonds is 3. The van der Waals surface area contributed by atoms with Crippen molar-refractivity contribution in [3.05, 3.63) is 59.1 Å². The van der Waals surface area contributed by atoms with Crippen molar-refractivity contribution in [2.24, 2.45) is 0 Å². The van der Waals surface area contributed by atoms with E-state index in [-0.39, 0.29) is 10.6 Å². The Morgan fingerprint density at radius 2 is 1.50 bits per heavy atom. The van der Waals surface area contributed by atoms with E-state index in [1.165, 1.54) is 24.3 Å². The summed E-state index contributed by atoms with van der Waals surface area (Å²) in [6.07, 6.45) is 0. The van der Waals surface area contributed by atoms with Crippen LogP contribution in [0.15, 0.2) is 53.4 Å². The lowest BCUT2D eigenvalue weighted by Gasteiger charge is -2.07. The van der Waals surface area contributed by atoms with Crippen molar-refractivity contribution < 1.29 is 12.6 Å². The third-order valence-corrected chi connectivity index (χ3v) is 3.84. The van der Waals surface area contributed by atoms with Crippen LogP contribution in [0.4, 0.5) is 0 Å². The third-order valence-electron chi connectivity index (χ3n) is 2.33. The summed E-state index contributed by atoms with van der Waals surface area (Å²) in [7, 11) is -3.80. The minimum Gasteiger partial charge on any atom is -0.379 e. The zero-order valence-corrected chi connectivity index (χ0v) is 11.2. The average molecular weight is 283 g/mol. The van der Waals surface area contributed by atoms with Gasteiger partial charge in [-0.2, -0.15) is 8.42 Å². The number of benzene rings is 2. The lowest BCUT2D eigenvalue weighted by atomic mass is 10.2. The molecule has 0 aliphatic carbocycles. The molecule has 0 radical (unpaired) electrons. The summed E-state index contributed by atoms with van der Waals surface area (Å²) in [4.78, 5) is 0.0764. The molecule has 5 heteroatoms. The summed E-state index contributed by atoms with van der Waals surface area (Å²) in [6.45, 7) is 1.91.